The quantitative estimate of drug-likeness (QED) is 0.756. The lowest BCUT2D eigenvalue weighted by atomic mass is 9.93. The van der Waals surface area contributed by atoms with E-state index in [1.807, 2.05) is 12.1 Å². The van der Waals surface area contributed by atoms with Crippen molar-refractivity contribution in [1.82, 2.24) is 0 Å². The predicted molar refractivity (Wildman–Crippen MR) is 62.9 cm³/mol. The Bertz CT molecular complexity index is 487. The Morgan fingerprint density at radius 2 is 1.94 bits per heavy atom. The highest BCUT2D eigenvalue weighted by Gasteiger charge is 2.46. The van der Waals surface area contributed by atoms with Gasteiger partial charge < -0.3 is 0 Å². The third-order valence-electron chi connectivity index (χ3n) is 3.12. The first-order valence-electron chi connectivity index (χ1n) is 5.33. The van der Waals surface area contributed by atoms with Crippen LogP contribution in [0, 0.1) is 6.92 Å². The molecule has 88 valence electrons. The fourth-order valence-corrected chi connectivity index (χ4v) is 2.47. The SMILES string of the molecule is Cc1ccccc1C1(COS(C)(=O)=O)CC1. The maximum atomic E-state index is 11.0. The van der Waals surface area contributed by atoms with Crippen molar-refractivity contribution in [1.29, 1.82) is 0 Å². The number of benzene rings is 1. The van der Waals surface area contributed by atoms with Crippen LogP contribution in [0.1, 0.15) is 24.0 Å². The summed E-state index contributed by atoms with van der Waals surface area (Å²) < 4.78 is 26.9. The Morgan fingerprint density at radius 1 is 1.31 bits per heavy atom. The Hall–Kier alpha value is -0.870. The van der Waals surface area contributed by atoms with Gasteiger partial charge in [-0.2, -0.15) is 8.42 Å². The summed E-state index contributed by atoms with van der Waals surface area (Å²) in [6.45, 7) is 2.33. The average molecular weight is 240 g/mol. The van der Waals surface area contributed by atoms with Gasteiger partial charge in [-0.3, -0.25) is 4.18 Å². The second-order valence-electron chi connectivity index (χ2n) is 4.56. The minimum absolute atomic E-state index is 0.0611. The van der Waals surface area contributed by atoms with Crippen LogP contribution in [-0.4, -0.2) is 21.3 Å². The molecule has 2 rings (SSSR count). The number of aryl methyl sites for hydroxylation is 1. The van der Waals surface area contributed by atoms with Gasteiger partial charge in [-0.1, -0.05) is 24.3 Å². The van der Waals surface area contributed by atoms with Crippen molar-refractivity contribution >= 4 is 10.1 Å². The zero-order valence-electron chi connectivity index (χ0n) is 9.56. The predicted octanol–water partition coefficient (Wildman–Crippen LogP) is 2.00. The van der Waals surface area contributed by atoms with Gasteiger partial charge in [0.1, 0.15) is 0 Å². The topological polar surface area (TPSA) is 43.4 Å². The lowest BCUT2D eigenvalue weighted by molar-refractivity contribution is 0.284. The summed E-state index contributed by atoms with van der Waals surface area (Å²) >= 11 is 0. The van der Waals surface area contributed by atoms with E-state index >= 15 is 0 Å². The molecular formula is C12H16O3S. The van der Waals surface area contributed by atoms with E-state index in [2.05, 4.69) is 19.1 Å². The van der Waals surface area contributed by atoms with Crippen LogP contribution in [0.5, 0.6) is 0 Å². The molecule has 0 amide bonds. The van der Waals surface area contributed by atoms with E-state index in [0.717, 1.165) is 19.1 Å². The van der Waals surface area contributed by atoms with E-state index in [-0.39, 0.29) is 12.0 Å². The molecule has 0 saturated heterocycles. The Labute approximate surface area is 96.6 Å². The van der Waals surface area contributed by atoms with Gasteiger partial charge in [-0.05, 0) is 30.9 Å². The van der Waals surface area contributed by atoms with Crippen LogP contribution in [0.2, 0.25) is 0 Å². The first kappa shape index (κ1) is 11.6. The summed E-state index contributed by atoms with van der Waals surface area (Å²) in [6, 6.07) is 8.10. The lowest BCUT2D eigenvalue weighted by Crippen LogP contribution is -2.19. The van der Waals surface area contributed by atoms with Crippen molar-refractivity contribution in [3.05, 3.63) is 35.4 Å². The number of hydrogen-bond acceptors (Lipinski definition) is 3. The standard InChI is InChI=1S/C12H16O3S/c1-10-5-3-4-6-11(10)12(7-8-12)9-15-16(2,13)14/h3-6H,7-9H2,1-2H3. The van der Waals surface area contributed by atoms with E-state index in [4.69, 9.17) is 4.18 Å². The monoisotopic (exact) mass is 240 g/mol. The molecule has 1 aromatic rings. The highest BCUT2D eigenvalue weighted by atomic mass is 32.2. The van der Waals surface area contributed by atoms with Crippen molar-refractivity contribution in [2.24, 2.45) is 0 Å². The molecule has 1 fully saturated rings. The van der Waals surface area contributed by atoms with Crippen LogP contribution in [-0.2, 0) is 19.7 Å². The summed E-state index contributed by atoms with van der Waals surface area (Å²) in [5.41, 5.74) is 2.37. The maximum Gasteiger partial charge on any atom is 0.264 e. The Balaban J connectivity index is 2.18. The van der Waals surface area contributed by atoms with Crippen LogP contribution < -0.4 is 0 Å². The summed E-state index contributed by atoms with van der Waals surface area (Å²) in [4.78, 5) is 0. The van der Waals surface area contributed by atoms with Gasteiger partial charge in [0.15, 0.2) is 0 Å². The highest BCUT2D eigenvalue weighted by molar-refractivity contribution is 7.85. The second-order valence-corrected chi connectivity index (χ2v) is 6.21. The number of rotatable bonds is 4. The number of hydrogen-bond donors (Lipinski definition) is 0. The smallest absolute Gasteiger partial charge is 0.264 e. The molecule has 0 bridgehead atoms. The van der Waals surface area contributed by atoms with Crippen LogP contribution in [0.4, 0.5) is 0 Å². The first-order chi connectivity index (χ1) is 7.43. The Kier molecular flexibility index (Phi) is 2.80. The third kappa shape index (κ3) is 2.44. The zero-order valence-corrected chi connectivity index (χ0v) is 10.4. The fourth-order valence-electron chi connectivity index (χ4n) is 2.03. The third-order valence-corrected chi connectivity index (χ3v) is 3.67. The molecule has 0 unspecified atom stereocenters. The van der Waals surface area contributed by atoms with Gasteiger partial charge in [0.2, 0.25) is 0 Å². The molecule has 0 spiro atoms. The van der Waals surface area contributed by atoms with Gasteiger partial charge >= 0.3 is 0 Å². The van der Waals surface area contributed by atoms with Crippen molar-refractivity contribution in [3.8, 4) is 0 Å². The van der Waals surface area contributed by atoms with E-state index in [9.17, 15) is 8.42 Å². The molecule has 16 heavy (non-hydrogen) atoms. The molecule has 0 heterocycles. The molecular weight excluding hydrogens is 224 g/mol. The van der Waals surface area contributed by atoms with Crippen LogP contribution in [0.25, 0.3) is 0 Å². The van der Waals surface area contributed by atoms with Crippen LogP contribution in [0.15, 0.2) is 24.3 Å². The minimum atomic E-state index is -3.34. The molecule has 1 aliphatic carbocycles. The van der Waals surface area contributed by atoms with Crippen molar-refractivity contribution in [2.75, 3.05) is 12.9 Å². The molecule has 1 aliphatic rings. The normalized spacial score (nSPS) is 18.4. The zero-order chi connectivity index (χ0) is 11.8. The van der Waals surface area contributed by atoms with Crippen molar-refractivity contribution < 1.29 is 12.6 Å². The molecule has 1 saturated carbocycles. The summed E-state index contributed by atoms with van der Waals surface area (Å²) in [5.74, 6) is 0. The Morgan fingerprint density at radius 3 is 2.44 bits per heavy atom. The van der Waals surface area contributed by atoms with Gasteiger partial charge in [0.05, 0.1) is 12.9 Å². The molecule has 0 aromatic heterocycles. The molecule has 0 N–H and O–H groups in total. The lowest BCUT2D eigenvalue weighted by Gasteiger charge is -2.17. The van der Waals surface area contributed by atoms with E-state index < -0.39 is 10.1 Å². The van der Waals surface area contributed by atoms with Gasteiger partial charge in [-0.25, -0.2) is 0 Å². The van der Waals surface area contributed by atoms with Gasteiger partial charge in [-0.15, -0.1) is 0 Å². The molecule has 0 aliphatic heterocycles. The molecule has 4 heteroatoms. The molecule has 0 atom stereocenters. The summed E-state index contributed by atoms with van der Waals surface area (Å²) in [7, 11) is -3.34. The largest absolute Gasteiger partial charge is 0.269 e. The molecule has 3 nitrogen and oxygen atoms in total. The van der Waals surface area contributed by atoms with E-state index in [1.165, 1.54) is 11.1 Å². The molecule has 0 radical (unpaired) electrons. The van der Waals surface area contributed by atoms with Crippen molar-refractivity contribution in [2.45, 2.75) is 25.2 Å². The average Bonchev–Trinajstić information content (AvgIpc) is 2.96. The maximum absolute atomic E-state index is 11.0. The second kappa shape index (κ2) is 3.86. The summed E-state index contributed by atoms with van der Waals surface area (Å²) in [5, 5.41) is 0. The highest BCUT2D eigenvalue weighted by Crippen LogP contribution is 2.49. The molecule has 1 aromatic carbocycles. The minimum Gasteiger partial charge on any atom is -0.269 e. The summed E-state index contributed by atoms with van der Waals surface area (Å²) in [6.07, 6.45) is 3.11. The van der Waals surface area contributed by atoms with E-state index in [1.54, 1.807) is 0 Å². The van der Waals surface area contributed by atoms with E-state index in [0.29, 0.717) is 0 Å². The fraction of sp³-hybridized carbons (Fsp3) is 0.500. The van der Waals surface area contributed by atoms with Gasteiger partial charge in [0, 0.05) is 5.41 Å². The first-order valence-corrected chi connectivity index (χ1v) is 7.15. The van der Waals surface area contributed by atoms with Crippen molar-refractivity contribution in [3.63, 3.8) is 0 Å². The van der Waals surface area contributed by atoms with Gasteiger partial charge in [0.25, 0.3) is 10.1 Å². The van der Waals surface area contributed by atoms with Crippen LogP contribution in [0.3, 0.4) is 0 Å². The van der Waals surface area contributed by atoms with Crippen LogP contribution >= 0.6 is 0 Å².